The Bertz CT molecular complexity index is 937. The lowest BCUT2D eigenvalue weighted by Gasteiger charge is -2.35. The number of carbonyl (C=O) groups excluding carboxylic acids is 1. The monoisotopic (exact) mass is 361 g/mol. The molecule has 27 heavy (non-hydrogen) atoms. The molecule has 0 aliphatic carbocycles. The highest BCUT2D eigenvalue weighted by atomic mass is 16.2. The molecule has 4 heteroatoms. The van der Waals surface area contributed by atoms with E-state index in [1.54, 1.807) is 0 Å². The summed E-state index contributed by atoms with van der Waals surface area (Å²) in [5, 5.41) is 1.20. The van der Waals surface area contributed by atoms with Crippen molar-refractivity contribution in [3.8, 4) is 0 Å². The summed E-state index contributed by atoms with van der Waals surface area (Å²) < 4.78 is 2.19. The van der Waals surface area contributed by atoms with E-state index in [1.165, 1.54) is 27.7 Å². The smallest absolute Gasteiger partial charge is 0.227 e. The summed E-state index contributed by atoms with van der Waals surface area (Å²) in [5.74, 6) is 0.244. The van der Waals surface area contributed by atoms with Crippen molar-refractivity contribution < 1.29 is 4.79 Å². The van der Waals surface area contributed by atoms with Gasteiger partial charge >= 0.3 is 0 Å². The fourth-order valence-electron chi connectivity index (χ4n) is 4.08. The largest absolute Gasteiger partial charge is 0.348 e. The van der Waals surface area contributed by atoms with E-state index in [-0.39, 0.29) is 5.91 Å². The molecule has 0 spiro atoms. The van der Waals surface area contributed by atoms with Crippen LogP contribution in [0, 0.1) is 6.92 Å². The minimum absolute atomic E-state index is 0.244. The summed E-state index contributed by atoms with van der Waals surface area (Å²) in [5.41, 5.74) is 4.89. The number of hydrogen-bond donors (Lipinski definition) is 0. The summed E-state index contributed by atoms with van der Waals surface area (Å²) in [4.78, 5) is 17.4. The van der Waals surface area contributed by atoms with Gasteiger partial charge in [0.25, 0.3) is 0 Å². The van der Waals surface area contributed by atoms with Crippen molar-refractivity contribution >= 4 is 16.8 Å². The predicted molar refractivity (Wildman–Crippen MR) is 110 cm³/mol. The minimum Gasteiger partial charge on any atom is -0.348 e. The van der Waals surface area contributed by atoms with E-state index in [2.05, 4.69) is 78.0 Å². The van der Waals surface area contributed by atoms with Crippen LogP contribution in [0.4, 0.5) is 0 Å². The van der Waals surface area contributed by atoms with E-state index in [0.29, 0.717) is 6.42 Å². The molecule has 1 aromatic heterocycles. The van der Waals surface area contributed by atoms with Crippen LogP contribution in [0.25, 0.3) is 10.9 Å². The van der Waals surface area contributed by atoms with Crippen molar-refractivity contribution in [2.24, 2.45) is 7.05 Å². The van der Waals surface area contributed by atoms with Crippen LogP contribution < -0.4 is 0 Å². The summed E-state index contributed by atoms with van der Waals surface area (Å²) in [7, 11) is 2.08. The van der Waals surface area contributed by atoms with Crippen LogP contribution in [0.3, 0.4) is 0 Å². The van der Waals surface area contributed by atoms with Crippen molar-refractivity contribution in [3.05, 3.63) is 71.4 Å². The predicted octanol–water partition coefficient (Wildman–Crippen LogP) is 3.37. The van der Waals surface area contributed by atoms with Gasteiger partial charge in [-0.2, -0.15) is 0 Å². The van der Waals surface area contributed by atoms with Gasteiger partial charge in [-0.25, -0.2) is 0 Å². The van der Waals surface area contributed by atoms with Crippen molar-refractivity contribution in [1.82, 2.24) is 14.4 Å². The molecule has 0 atom stereocenters. The Morgan fingerprint density at radius 1 is 0.926 bits per heavy atom. The molecule has 1 aliphatic rings. The van der Waals surface area contributed by atoms with Crippen LogP contribution in [0.5, 0.6) is 0 Å². The number of rotatable bonds is 4. The average molecular weight is 361 g/mol. The Labute approximate surface area is 161 Å². The summed E-state index contributed by atoms with van der Waals surface area (Å²) >= 11 is 0. The molecule has 1 aliphatic heterocycles. The van der Waals surface area contributed by atoms with Crippen molar-refractivity contribution in [3.63, 3.8) is 0 Å². The molecule has 140 valence electrons. The van der Waals surface area contributed by atoms with Gasteiger partial charge in [0.1, 0.15) is 0 Å². The molecule has 0 saturated carbocycles. The van der Waals surface area contributed by atoms with Crippen LogP contribution in [0.1, 0.15) is 16.8 Å². The highest BCUT2D eigenvalue weighted by Gasteiger charge is 2.23. The number of piperazine rings is 1. The molecule has 1 amide bonds. The molecule has 2 aromatic carbocycles. The summed E-state index contributed by atoms with van der Waals surface area (Å²) in [6.07, 6.45) is 0.492. The summed E-state index contributed by atoms with van der Waals surface area (Å²) in [6.45, 7) is 6.58. The van der Waals surface area contributed by atoms with Crippen LogP contribution in [-0.4, -0.2) is 46.5 Å². The maximum absolute atomic E-state index is 12.9. The van der Waals surface area contributed by atoms with Crippen molar-refractivity contribution in [1.29, 1.82) is 0 Å². The number of amides is 1. The minimum atomic E-state index is 0.244. The van der Waals surface area contributed by atoms with E-state index < -0.39 is 0 Å². The lowest BCUT2D eigenvalue weighted by Crippen LogP contribution is -2.48. The van der Waals surface area contributed by atoms with E-state index in [1.807, 2.05) is 4.90 Å². The number of nitrogens with zero attached hydrogens (tertiary/aromatic N) is 3. The number of hydrogen-bond acceptors (Lipinski definition) is 2. The first-order valence-corrected chi connectivity index (χ1v) is 9.70. The van der Waals surface area contributed by atoms with Gasteiger partial charge < -0.3 is 9.47 Å². The molecule has 4 nitrogen and oxygen atoms in total. The Morgan fingerprint density at radius 2 is 1.59 bits per heavy atom. The first kappa shape index (κ1) is 17.8. The lowest BCUT2D eigenvalue weighted by molar-refractivity contribution is -0.132. The van der Waals surface area contributed by atoms with Crippen LogP contribution in [0.2, 0.25) is 0 Å². The molecule has 1 fully saturated rings. The zero-order chi connectivity index (χ0) is 18.8. The van der Waals surface area contributed by atoms with Gasteiger partial charge in [-0.05, 0) is 24.1 Å². The first-order chi connectivity index (χ1) is 13.1. The summed E-state index contributed by atoms with van der Waals surface area (Å²) in [6, 6.07) is 18.9. The Kier molecular flexibility index (Phi) is 4.99. The van der Waals surface area contributed by atoms with E-state index >= 15 is 0 Å². The number of fused-ring (bicyclic) bond motifs is 1. The first-order valence-electron chi connectivity index (χ1n) is 9.70. The second-order valence-electron chi connectivity index (χ2n) is 7.46. The van der Waals surface area contributed by atoms with Crippen LogP contribution in [-0.2, 0) is 24.8 Å². The number of benzene rings is 2. The Morgan fingerprint density at radius 3 is 2.33 bits per heavy atom. The fraction of sp³-hybridized carbons (Fsp3) is 0.348. The molecule has 0 N–H and O–H groups in total. The zero-order valence-electron chi connectivity index (χ0n) is 16.2. The normalized spacial score (nSPS) is 15.4. The molecular formula is C23H27N3O. The maximum Gasteiger partial charge on any atom is 0.227 e. The molecule has 4 rings (SSSR count). The second-order valence-corrected chi connectivity index (χ2v) is 7.46. The Balaban J connectivity index is 1.40. The van der Waals surface area contributed by atoms with Gasteiger partial charge in [-0.3, -0.25) is 9.69 Å². The SMILES string of the molecule is Cc1c(CC(=O)N2CCN(Cc3ccccc3)CC2)c2ccccc2n1C. The fourth-order valence-corrected chi connectivity index (χ4v) is 4.08. The van der Waals surface area contributed by atoms with Crippen molar-refractivity contribution in [2.45, 2.75) is 19.9 Å². The van der Waals surface area contributed by atoms with Gasteiger partial charge in [0.05, 0.1) is 6.42 Å². The third-order valence-corrected chi connectivity index (χ3v) is 5.83. The Hall–Kier alpha value is -2.59. The van der Waals surface area contributed by atoms with Crippen LogP contribution >= 0.6 is 0 Å². The highest BCUT2D eigenvalue weighted by molar-refractivity contribution is 5.90. The van der Waals surface area contributed by atoms with Gasteiger partial charge in [-0.1, -0.05) is 48.5 Å². The quantitative estimate of drug-likeness (QED) is 0.713. The second kappa shape index (κ2) is 7.57. The lowest BCUT2D eigenvalue weighted by atomic mass is 10.1. The standard InChI is InChI=1S/C23H27N3O/c1-18-21(20-10-6-7-11-22(20)24(18)2)16-23(27)26-14-12-25(13-15-26)17-19-8-4-3-5-9-19/h3-11H,12-17H2,1-2H3. The van der Waals surface area contributed by atoms with E-state index in [4.69, 9.17) is 0 Å². The highest BCUT2D eigenvalue weighted by Crippen LogP contribution is 2.25. The number of aromatic nitrogens is 1. The van der Waals surface area contributed by atoms with E-state index in [0.717, 1.165) is 32.7 Å². The molecule has 1 saturated heterocycles. The molecule has 0 radical (unpaired) electrons. The number of para-hydroxylation sites is 1. The van der Waals surface area contributed by atoms with Gasteiger partial charge in [-0.15, -0.1) is 0 Å². The number of carbonyl (C=O) groups is 1. The van der Waals surface area contributed by atoms with Gasteiger partial charge in [0.15, 0.2) is 0 Å². The maximum atomic E-state index is 12.9. The third-order valence-electron chi connectivity index (χ3n) is 5.83. The van der Waals surface area contributed by atoms with Crippen molar-refractivity contribution in [2.75, 3.05) is 26.2 Å². The molecule has 0 unspecified atom stereocenters. The average Bonchev–Trinajstić information content (AvgIpc) is 2.94. The molecule has 0 bridgehead atoms. The number of aryl methyl sites for hydroxylation is 1. The molecule has 3 aromatic rings. The van der Waals surface area contributed by atoms with E-state index in [9.17, 15) is 4.79 Å². The van der Waals surface area contributed by atoms with Gasteiger partial charge in [0, 0.05) is 56.4 Å². The topological polar surface area (TPSA) is 28.5 Å². The molecule has 2 heterocycles. The molecular weight excluding hydrogens is 334 g/mol. The van der Waals surface area contributed by atoms with Crippen LogP contribution in [0.15, 0.2) is 54.6 Å². The zero-order valence-corrected chi connectivity index (χ0v) is 16.2. The van der Waals surface area contributed by atoms with Gasteiger partial charge in [0.2, 0.25) is 5.91 Å². The third kappa shape index (κ3) is 3.62.